The number of nitrogens with zero attached hydrogens (tertiary/aromatic N) is 1. The van der Waals surface area contributed by atoms with Crippen molar-refractivity contribution in [1.82, 2.24) is 4.90 Å². The average Bonchev–Trinajstić information content (AvgIpc) is 2.79. The number of ether oxygens (including phenoxy) is 1. The lowest BCUT2D eigenvalue weighted by molar-refractivity contribution is -0.0895. The molecule has 0 radical (unpaired) electrons. The normalized spacial score (nSPS) is 28.5. The Labute approximate surface area is 98.8 Å². The molecule has 1 heterocycles. The molecule has 0 aromatic carbocycles. The molecule has 0 spiro atoms. The number of morpholine rings is 1. The molecule has 16 heavy (non-hydrogen) atoms. The summed E-state index contributed by atoms with van der Waals surface area (Å²) in [5, 5.41) is 10.5. The van der Waals surface area contributed by atoms with E-state index in [1.54, 1.807) is 0 Å². The molecule has 2 rings (SSSR count). The van der Waals surface area contributed by atoms with E-state index in [2.05, 4.69) is 18.7 Å². The molecule has 1 aliphatic heterocycles. The fraction of sp³-hybridized carbons (Fsp3) is 1.00. The summed E-state index contributed by atoms with van der Waals surface area (Å²) < 4.78 is 5.42. The van der Waals surface area contributed by atoms with Crippen LogP contribution in [0.25, 0.3) is 0 Å². The average molecular weight is 227 g/mol. The largest absolute Gasteiger partial charge is 0.391 e. The summed E-state index contributed by atoms with van der Waals surface area (Å²) in [7, 11) is 0. The van der Waals surface area contributed by atoms with Crippen LogP contribution in [0.15, 0.2) is 0 Å². The standard InChI is InChI=1S/C13H25NO2/c1-11(2)12(15)13(5-3-4-6-13)14-7-9-16-10-8-14/h11-12,15H,3-10H2,1-2H3. The first-order valence-electron chi connectivity index (χ1n) is 6.68. The van der Waals surface area contributed by atoms with Crippen LogP contribution in [0.2, 0.25) is 0 Å². The first-order valence-corrected chi connectivity index (χ1v) is 6.68. The molecule has 0 amide bonds. The van der Waals surface area contributed by atoms with E-state index in [4.69, 9.17) is 4.74 Å². The summed E-state index contributed by atoms with van der Waals surface area (Å²) in [6, 6.07) is 0. The maximum Gasteiger partial charge on any atom is 0.0746 e. The predicted molar refractivity (Wildman–Crippen MR) is 64.4 cm³/mol. The molecule has 3 nitrogen and oxygen atoms in total. The highest BCUT2D eigenvalue weighted by atomic mass is 16.5. The van der Waals surface area contributed by atoms with E-state index in [1.165, 1.54) is 12.8 Å². The Morgan fingerprint density at radius 2 is 1.69 bits per heavy atom. The third kappa shape index (κ3) is 2.13. The molecule has 0 aromatic heterocycles. The van der Waals surface area contributed by atoms with Crippen LogP contribution in [0.5, 0.6) is 0 Å². The maximum absolute atomic E-state index is 10.5. The van der Waals surface area contributed by atoms with Gasteiger partial charge < -0.3 is 9.84 Å². The summed E-state index contributed by atoms with van der Waals surface area (Å²) in [4.78, 5) is 2.49. The van der Waals surface area contributed by atoms with Gasteiger partial charge in [-0.05, 0) is 18.8 Å². The van der Waals surface area contributed by atoms with E-state index in [1.807, 2.05) is 0 Å². The second kappa shape index (κ2) is 5.03. The zero-order valence-electron chi connectivity index (χ0n) is 10.6. The minimum atomic E-state index is -0.187. The number of hydrogen-bond donors (Lipinski definition) is 1. The Morgan fingerprint density at radius 3 is 2.19 bits per heavy atom. The van der Waals surface area contributed by atoms with Crippen LogP contribution in [-0.2, 0) is 4.74 Å². The first kappa shape index (κ1) is 12.3. The number of rotatable bonds is 3. The van der Waals surface area contributed by atoms with Gasteiger partial charge in [0.05, 0.1) is 19.3 Å². The third-order valence-corrected chi connectivity index (χ3v) is 4.29. The first-order chi connectivity index (χ1) is 7.67. The highest BCUT2D eigenvalue weighted by molar-refractivity contribution is 5.01. The molecule has 1 N–H and O–H groups in total. The Bertz CT molecular complexity index is 218. The van der Waals surface area contributed by atoms with E-state index in [-0.39, 0.29) is 11.6 Å². The summed E-state index contributed by atoms with van der Waals surface area (Å²) in [5.74, 6) is 0.348. The van der Waals surface area contributed by atoms with Gasteiger partial charge in [0.1, 0.15) is 0 Å². The Balaban J connectivity index is 2.13. The SMILES string of the molecule is CC(C)C(O)C1(N2CCOCC2)CCCC1. The van der Waals surface area contributed by atoms with Gasteiger partial charge in [-0.3, -0.25) is 4.90 Å². The van der Waals surface area contributed by atoms with Gasteiger partial charge in [0.2, 0.25) is 0 Å². The molecule has 94 valence electrons. The van der Waals surface area contributed by atoms with Crippen molar-refractivity contribution in [3.05, 3.63) is 0 Å². The summed E-state index contributed by atoms with van der Waals surface area (Å²) in [5.41, 5.74) is 0.0535. The lowest BCUT2D eigenvalue weighted by Gasteiger charge is -2.47. The molecule has 2 fully saturated rings. The maximum atomic E-state index is 10.5. The Kier molecular flexibility index (Phi) is 3.88. The fourth-order valence-electron chi connectivity index (χ4n) is 3.42. The topological polar surface area (TPSA) is 32.7 Å². The predicted octanol–water partition coefficient (Wildman–Crippen LogP) is 1.65. The highest BCUT2D eigenvalue weighted by Gasteiger charge is 2.46. The summed E-state index contributed by atoms with van der Waals surface area (Å²) in [6.45, 7) is 7.89. The van der Waals surface area contributed by atoms with Gasteiger partial charge in [-0.1, -0.05) is 26.7 Å². The van der Waals surface area contributed by atoms with Gasteiger partial charge in [-0.15, -0.1) is 0 Å². The van der Waals surface area contributed by atoms with Crippen LogP contribution in [0.4, 0.5) is 0 Å². The number of hydrogen-bond acceptors (Lipinski definition) is 3. The van der Waals surface area contributed by atoms with E-state index >= 15 is 0 Å². The molecule has 1 saturated heterocycles. The van der Waals surface area contributed by atoms with Gasteiger partial charge in [-0.2, -0.15) is 0 Å². The molecule has 0 aromatic rings. The fourth-order valence-corrected chi connectivity index (χ4v) is 3.42. The van der Waals surface area contributed by atoms with Gasteiger partial charge in [0, 0.05) is 18.6 Å². The molecule has 2 aliphatic rings. The molecular formula is C13H25NO2. The minimum Gasteiger partial charge on any atom is -0.391 e. The molecular weight excluding hydrogens is 202 g/mol. The molecule has 1 unspecified atom stereocenters. The molecule has 0 bridgehead atoms. The Morgan fingerprint density at radius 1 is 1.12 bits per heavy atom. The number of aliphatic hydroxyl groups excluding tert-OH is 1. The van der Waals surface area contributed by atoms with Crippen molar-refractivity contribution in [2.45, 2.75) is 51.2 Å². The molecule has 1 saturated carbocycles. The van der Waals surface area contributed by atoms with Gasteiger partial charge in [-0.25, -0.2) is 0 Å². The quantitative estimate of drug-likeness (QED) is 0.795. The van der Waals surface area contributed by atoms with Crippen molar-refractivity contribution < 1.29 is 9.84 Å². The van der Waals surface area contributed by atoms with Gasteiger partial charge >= 0.3 is 0 Å². The van der Waals surface area contributed by atoms with Crippen molar-refractivity contribution in [2.75, 3.05) is 26.3 Å². The zero-order valence-corrected chi connectivity index (χ0v) is 10.6. The minimum absolute atomic E-state index is 0.0535. The smallest absolute Gasteiger partial charge is 0.0746 e. The van der Waals surface area contributed by atoms with Gasteiger partial charge in [0.15, 0.2) is 0 Å². The van der Waals surface area contributed by atoms with Crippen LogP contribution in [0.3, 0.4) is 0 Å². The van der Waals surface area contributed by atoms with Crippen LogP contribution in [-0.4, -0.2) is 48.0 Å². The second-order valence-corrected chi connectivity index (χ2v) is 5.60. The molecule has 3 heteroatoms. The third-order valence-electron chi connectivity index (χ3n) is 4.29. The monoisotopic (exact) mass is 227 g/mol. The summed E-state index contributed by atoms with van der Waals surface area (Å²) in [6.07, 6.45) is 4.66. The van der Waals surface area contributed by atoms with Crippen molar-refractivity contribution in [3.8, 4) is 0 Å². The van der Waals surface area contributed by atoms with Crippen LogP contribution in [0.1, 0.15) is 39.5 Å². The van der Waals surface area contributed by atoms with E-state index < -0.39 is 0 Å². The van der Waals surface area contributed by atoms with Crippen molar-refractivity contribution in [1.29, 1.82) is 0 Å². The van der Waals surface area contributed by atoms with Crippen LogP contribution >= 0.6 is 0 Å². The van der Waals surface area contributed by atoms with E-state index in [9.17, 15) is 5.11 Å². The van der Waals surface area contributed by atoms with E-state index in [0.717, 1.165) is 39.1 Å². The lowest BCUT2D eigenvalue weighted by Crippen LogP contribution is -2.59. The van der Waals surface area contributed by atoms with Crippen molar-refractivity contribution >= 4 is 0 Å². The summed E-state index contributed by atoms with van der Waals surface area (Å²) >= 11 is 0. The Hall–Kier alpha value is -0.120. The van der Waals surface area contributed by atoms with Crippen LogP contribution < -0.4 is 0 Å². The van der Waals surface area contributed by atoms with Crippen molar-refractivity contribution in [2.24, 2.45) is 5.92 Å². The van der Waals surface area contributed by atoms with Crippen LogP contribution in [0, 0.1) is 5.92 Å². The second-order valence-electron chi connectivity index (χ2n) is 5.60. The highest BCUT2D eigenvalue weighted by Crippen LogP contribution is 2.40. The van der Waals surface area contributed by atoms with Crippen molar-refractivity contribution in [3.63, 3.8) is 0 Å². The lowest BCUT2D eigenvalue weighted by atomic mass is 9.82. The van der Waals surface area contributed by atoms with Gasteiger partial charge in [0.25, 0.3) is 0 Å². The number of aliphatic hydroxyl groups is 1. The molecule has 1 atom stereocenters. The molecule has 1 aliphatic carbocycles. The van der Waals surface area contributed by atoms with E-state index in [0.29, 0.717) is 5.92 Å². The zero-order chi connectivity index (χ0) is 11.6.